The van der Waals surface area contributed by atoms with Gasteiger partial charge in [0.2, 0.25) is 0 Å². The molecule has 2 aromatic carbocycles. The fraction of sp³-hybridized carbons (Fsp3) is 0.182. The Morgan fingerprint density at radius 2 is 1.73 bits per heavy atom. The van der Waals surface area contributed by atoms with E-state index in [0.29, 0.717) is 11.1 Å². The third kappa shape index (κ3) is 4.09. The molecule has 0 spiro atoms. The summed E-state index contributed by atoms with van der Waals surface area (Å²) in [6.45, 7) is 5.96. The predicted octanol–water partition coefficient (Wildman–Crippen LogP) is 4.47. The zero-order chi connectivity index (χ0) is 18.7. The minimum absolute atomic E-state index is 0.0155. The number of aryl methyl sites for hydroxylation is 3. The van der Waals surface area contributed by atoms with Gasteiger partial charge >= 0.3 is 11.6 Å². The van der Waals surface area contributed by atoms with E-state index in [1.54, 1.807) is 6.08 Å². The van der Waals surface area contributed by atoms with E-state index in [-0.39, 0.29) is 6.61 Å². The van der Waals surface area contributed by atoms with Gasteiger partial charge in [-0.1, -0.05) is 29.8 Å². The molecule has 0 N–H and O–H groups in total. The van der Waals surface area contributed by atoms with Crippen LogP contribution in [0.5, 0.6) is 0 Å². The van der Waals surface area contributed by atoms with Crippen LogP contribution in [0.25, 0.3) is 17.0 Å². The highest BCUT2D eigenvalue weighted by atomic mass is 16.5. The molecule has 0 aliphatic carbocycles. The van der Waals surface area contributed by atoms with Crippen LogP contribution in [0.4, 0.5) is 0 Å². The molecule has 1 aromatic heterocycles. The lowest BCUT2D eigenvalue weighted by Gasteiger charge is -2.08. The first-order valence-electron chi connectivity index (χ1n) is 8.38. The number of carbonyl (C=O) groups excluding carboxylic acids is 1. The molecule has 4 heteroatoms. The predicted molar refractivity (Wildman–Crippen MR) is 102 cm³/mol. The maximum Gasteiger partial charge on any atom is 0.336 e. The van der Waals surface area contributed by atoms with Gasteiger partial charge in [-0.2, -0.15) is 0 Å². The average Bonchev–Trinajstić information content (AvgIpc) is 2.60. The summed E-state index contributed by atoms with van der Waals surface area (Å²) in [4.78, 5) is 23.8. The van der Waals surface area contributed by atoms with Crippen molar-refractivity contribution in [3.63, 3.8) is 0 Å². The van der Waals surface area contributed by atoms with E-state index in [2.05, 4.69) is 0 Å². The van der Waals surface area contributed by atoms with E-state index < -0.39 is 11.6 Å². The van der Waals surface area contributed by atoms with Crippen molar-refractivity contribution in [2.75, 3.05) is 0 Å². The monoisotopic (exact) mass is 348 g/mol. The number of benzene rings is 2. The molecule has 132 valence electrons. The van der Waals surface area contributed by atoms with Crippen LogP contribution in [0.1, 0.15) is 27.8 Å². The second-order valence-electron chi connectivity index (χ2n) is 6.38. The molecule has 1 heterocycles. The number of hydrogen-bond donors (Lipinski definition) is 0. The van der Waals surface area contributed by atoms with E-state index in [9.17, 15) is 9.59 Å². The maximum atomic E-state index is 12.0. The second kappa shape index (κ2) is 7.40. The fourth-order valence-corrected chi connectivity index (χ4v) is 2.64. The molecular weight excluding hydrogens is 328 g/mol. The minimum Gasteiger partial charge on any atom is -0.458 e. The molecule has 0 bridgehead atoms. The van der Waals surface area contributed by atoms with E-state index in [1.807, 2.05) is 57.2 Å². The number of hydrogen-bond acceptors (Lipinski definition) is 4. The van der Waals surface area contributed by atoms with Crippen LogP contribution in [0.15, 0.2) is 57.8 Å². The third-order valence-electron chi connectivity index (χ3n) is 4.30. The first-order chi connectivity index (χ1) is 12.4. The Morgan fingerprint density at radius 1 is 1.04 bits per heavy atom. The molecule has 0 atom stereocenters. The molecule has 0 amide bonds. The van der Waals surface area contributed by atoms with Gasteiger partial charge in [-0.05, 0) is 55.7 Å². The van der Waals surface area contributed by atoms with Gasteiger partial charge in [0, 0.05) is 23.1 Å². The fourth-order valence-electron chi connectivity index (χ4n) is 2.64. The Morgan fingerprint density at radius 3 is 2.46 bits per heavy atom. The van der Waals surface area contributed by atoms with Gasteiger partial charge in [0.1, 0.15) is 12.2 Å². The molecule has 26 heavy (non-hydrogen) atoms. The highest BCUT2D eigenvalue weighted by Crippen LogP contribution is 2.22. The minimum atomic E-state index is -0.462. The summed E-state index contributed by atoms with van der Waals surface area (Å²) in [5.74, 6) is -0.462. The Kier molecular flexibility index (Phi) is 5.03. The van der Waals surface area contributed by atoms with Gasteiger partial charge in [-0.25, -0.2) is 9.59 Å². The number of ether oxygens (including phenoxy) is 1. The second-order valence-corrected chi connectivity index (χ2v) is 6.38. The topological polar surface area (TPSA) is 56.5 Å². The van der Waals surface area contributed by atoms with Crippen molar-refractivity contribution in [1.82, 2.24) is 0 Å². The Balaban J connectivity index is 1.76. The lowest BCUT2D eigenvalue weighted by Crippen LogP contribution is -2.06. The zero-order valence-electron chi connectivity index (χ0n) is 15.0. The molecule has 0 fully saturated rings. The average molecular weight is 348 g/mol. The number of rotatable bonds is 4. The SMILES string of the molecule is Cc1ccc(/C=C/C(=O)OCc2cc(=O)oc3cc(C)c(C)cc23)cc1. The smallest absolute Gasteiger partial charge is 0.336 e. The van der Waals surface area contributed by atoms with Crippen LogP contribution in [-0.2, 0) is 16.1 Å². The molecule has 4 nitrogen and oxygen atoms in total. The van der Waals surface area contributed by atoms with Crippen molar-refractivity contribution in [3.8, 4) is 0 Å². The summed E-state index contributed by atoms with van der Waals surface area (Å²) < 4.78 is 10.6. The summed E-state index contributed by atoms with van der Waals surface area (Å²) in [7, 11) is 0. The van der Waals surface area contributed by atoms with E-state index >= 15 is 0 Å². The van der Waals surface area contributed by atoms with Crippen molar-refractivity contribution in [2.24, 2.45) is 0 Å². The lowest BCUT2D eigenvalue weighted by molar-refractivity contribution is -0.138. The van der Waals surface area contributed by atoms with Crippen molar-refractivity contribution < 1.29 is 13.9 Å². The number of carbonyl (C=O) groups is 1. The molecule has 0 saturated heterocycles. The standard InChI is InChI=1S/C22H20O4/c1-14-4-6-17(7-5-14)8-9-21(23)25-13-18-12-22(24)26-20-11-16(3)15(2)10-19(18)20/h4-12H,13H2,1-3H3/b9-8+. The van der Waals surface area contributed by atoms with Crippen molar-refractivity contribution >= 4 is 23.0 Å². The lowest BCUT2D eigenvalue weighted by atomic mass is 10.0. The van der Waals surface area contributed by atoms with Crippen molar-refractivity contribution in [2.45, 2.75) is 27.4 Å². The van der Waals surface area contributed by atoms with Gasteiger partial charge in [0.25, 0.3) is 0 Å². The third-order valence-corrected chi connectivity index (χ3v) is 4.30. The maximum absolute atomic E-state index is 12.0. The molecule has 0 aliphatic rings. The number of fused-ring (bicyclic) bond motifs is 1. The van der Waals surface area contributed by atoms with Crippen LogP contribution in [0.3, 0.4) is 0 Å². The van der Waals surface area contributed by atoms with E-state index in [1.165, 1.54) is 12.1 Å². The summed E-state index contributed by atoms with van der Waals surface area (Å²) in [5.41, 5.74) is 4.88. The largest absolute Gasteiger partial charge is 0.458 e. The molecule has 3 aromatic rings. The van der Waals surface area contributed by atoms with Crippen LogP contribution >= 0.6 is 0 Å². The van der Waals surface area contributed by atoms with Gasteiger partial charge in [0.05, 0.1) is 0 Å². The van der Waals surface area contributed by atoms with Gasteiger partial charge in [0.15, 0.2) is 0 Å². The van der Waals surface area contributed by atoms with Crippen LogP contribution in [-0.4, -0.2) is 5.97 Å². The van der Waals surface area contributed by atoms with E-state index in [0.717, 1.165) is 27.6 Å². The van der Waals surface area contributed by atoms with Gasteiger partial charge < -0.3 is 9.15 Å². The first kappa shape index (κ1) is 17.7. The summed E-state index contributed by atoms with van der Waals surface area (Å²) in [6.07, 6.45) is 3.08. The molecule has 0 radical (unpaired) electrons. The Labute approximate surface area is 151 Å². The van der Waals surface area contributed by atoms with Crippen molar-refractivity contribution in [3.05, 3.63) is 86.8 Å². The zero-order valence-corrected chi connectivity index (χ0v) is 15.0. The van der Waals surface area contributed by atoms with Crippen molar-refractivity contribution in [1.29, 1.82) is 0 Å². The van der Waals surface area contributed by atoms with E-state index in [4.69, 9.17) is 9.15 Å². The highest BCUT2D eigenvalue weighted by molar-refractivity contribution is 5.87. The molecule has 0 unspecified atom stereocenters. The van der Waals surface area contributed by atoms with Crippen LogP contribution in [0.2, 0.25) is 0 Å². The van der Waals surface area contributed by atoms with Gasteiger partial charge in [-0.3, -0.25) is 0 Å². The molecule has 0 saturated carbocycles. The van der Waals surface area contributed by atoms with Gasteiger partial charge in [-0.15, -0.1) is 0 Å². The van der Waals surface area contributed by atoms with Crippen LogP contribution < -0.4 is 5.63 Å². The first-order valence-corrected chi connectivity index (χ1v) is 8.38. The summed E-state index contributed by atoms with van der Waals surface area (Å²) >= 11 is 0. The highest BCUT2D eigenvalue weighted by Gasteiger charge is 2.09. The summed E-state index contributed by atoms with van der Waals surface area (Å²) in [5, 5.41) is 0.781. The summed E-state index contributed by atoms with van der Waals surface area (Å²) in [6, 6.07) is 13.0. The molecular formula is C22H20O4. The number of esters is 1. The Hall–Kier alpha value is -3.14. The quantitative estimate of drug-likeness (QED) is 0.396. The normalized spacial score (nSPS) is 11.2. The molecule has 0 aliphatic heterocycles. The van der Waals surface area contributed by atoms with Crippen LogP contribution in [0, 0.1) is 20.8 Å². The Bertz CT molecular complexity index is 1040. The molecule has 3 rings (SSSR count).